The van der Waals surface area contributed by atoms with Crippen LogP contribution in [0.2, 0.25) is 0 Å². The van der Waals surface area contributed by atoms with Crippen molar-refractivity contribution in [3.8, 4) is 0 Å². The van der Waals surface area contributed by atoms with Gasteiger partial charge in [-0.15, -0.1) is 0 Å². The number of ether oxygens (including phenoxy) is 1. The Kier molecular flexibility index (Phi) is 5.59. The van der Waals surface area contributed by atoms with E-state index in [-0.39, 0.29) is 6.09 Å². The van der Waals surface area contributed by atoms with Crippen molar-refractivity contribution in [3.63, 3.8) is 0 Å². The second-order valence-corrected chi connectivity index (χ2v) is 5.62. The molecule has 104 valence electrons. The molecule has 1 fully saturated rings. The minimum Gasteiger partial charge on any atom is -0.444 e. The molecule has 1 heterocycles. The van der Waals surface area contributed by atoms with Gasteiger partial charge in [-0.1, -0.05) is 0 Å². The number of amides is 1. The van der Waals surface area contributed by atoms with Crippen molar-refractivity contribution in [1.82, 2.24) is 9.80 Å². The molecule has 0 bridgehead atoms. The van der Waals surface area contributed by atoms with Crippen molar-refractivity contribution in [2.24, 2.45) is 0 Å². The zero-order chi connectivity index (χ0) is 13.6. The summed E-state index contributed by atoms with van der Waals surface area (Å²) in [5.74, 6) is 0. The fourth-order valence-electron chi connectivity index (χ4n) is 1.88. The summed E-state index contributed by atoms with van der Waals surface area (Å²) in [6, 6.07) is 0. The average Bonchev–Trinajstić information content (AvgIpc) is 2.28. The van der Waals surface area contributed by atoms with E-state index in [0.717, 1.165) is 32.3 Å². The van der Waals surface area contributed by atoms with Gasteiger partial charge in [-0.3, -0.25) is 4.90 Å². The molecule has 0 aromatic carbocycles. The Balaban J connectivity index is 2.26. The van der Waals surface area contributed by atoms with E-state index in [1.54, 1.807) is 4.90 Å². The molecule has 5 heteroatoms. The summed E-state index contributed by atoms with van der Waals surface area (Å²) < 4.78 is 5.33. The van der Waals surface area contributed by atoms with E-state index in [4.69, 9.17) is 4.74 Å². The van der Waals surface area contributed by atoms with Crippen LogP contribution in [0.4, 0.5) is 4.79 Å². The summed E-state index contributed by atoms with van der Waals surface area (Å²) in [5.41, 5.74) is -0.432. The van der Waals surface area contributed by atoms with E-state index < -0.39 is 5.60 Å². The maximum absolute atomic E-state index is 11.8. The third-order valence-corrected chi connectivity index (χ3v) is 2.82. The first-order valence-electron chi connectivity index (χ1n) is 6.56. The first-order valence-corrected chi connectivity index (χ1v) is 6.56. The van der Waals surface area contributed by atoms with Crippen LogP contribution in [-0.2, 0) is 9.53 Å². The van der Waals surface area contributed by atoms with E-state index in [1.807, 2.05) is 20.8 Å². The van der Waals surface area contributed by atoms with Crippen molar-refractivity contribution >= 4 is 12.4 Å². The quantitative estimate of drug-likeness (QED) is 0.565. The third-order valence-electron chi connectivity index (χ3n) is 2.82. The monoisotopic (exact) mass is 256 g/mol. The Morgan fingerprint density at radius 3 is 2.33 bits per heavy atom. The SMILES string of the molecule is CC(C)(C)OC(=O)N1CCN(CCCC=O)CC1. The number of nitrogens with zero attached hydrogens (tertiary/aromatic N) is 2. The number of hydrogen-bond donors (Lipinski definition) is 0. The Bertz CT molecular complexity index is 278. The number of hydrogen-bond acceptors (Lipinski definition) is 4. The minimum absolute atomic E-state index is 0.227. The Morgan fingerprint density at radius 2 is 1.83 bits per heavy atom. The van der Waals surface area contributed by atoms with E-state index in [9.17, 15) is 9.59 Å². The predicted octanol–water partition coefficient (Wildman–Crippen LogP) is 1.52. The number of piperazine rings is 1. The van der Waals surface area contributed by atoms with Gasteiger partial charge in [-0.05, 0) is 33.7 Å². The number of rotatable bonds is 4. The molecule has 0 aromatic heterocycles. The smallest absolute Gasteiger partial charge is 0.410 e. The van der Waals surface area contributed by atoms with Crippen LogP contribution in [0.3, 0.4) is 0 Å². The first kappa shape index (κ1) is 15.0. The Morgan fingerprint density at radius 1 is 1.22 bits per heavy atom. The number of carbonyl (C=O) groups is 2. The van der Waals surface area contributed by atoms with Gasteiger partial charge in [0.1, 0.15) is 11.9 Å². The highest BCUT2D eigenvalue weighted by atomic mass is 16.6. The van der Waals surface area contributed by atoms with Crippen LogP contribution >= 0.6 is 0 Å². The summed E-state index contributed by atoms with van der Waals surface area (Å²) in [6.45, 7) is 9.69. The van der Waals surface area contributed by atoms with E-state index in [1.165, 1.54) is 0 Å². The summed E-state index contributed by atoms with van der Waals surface area (Å²) in [7, 11) is 0. The van der Waals surface area contributed by atoms with Crippen LogP contribution in [0.25, 0.3) is 0 Å². The molecule has 0 aliphatic carbocycles. The van der Waals surface area contributed by atoms with Gasteiger partial charge in [0, 0.05) is 32.6 Å². The van der Waals surface area contributed by atoms with Crippen LogP contribution in [0.15, 0.2) is 0 Å². The topological polar surface area (TPSA) is 49.9 Å². The summed E-state index contributed by atoms with van der Waals surface area (Å²) in [6.07, 6.45) is 2.24. The van der Waals surface area contributed by atoms with Crippen molar-refractivity contribution in [3.05, 3.63) is 0 Å². The zero-order valence-electron chi connectivity index (χ0n) is 11.6. The van der Waals surface area contributed by atoms with E-state index in [0.29, 0.717) is 19.5 Å². The standard InChI is InChI=1S/C13H24N2O3/c1-13(2,3)18-12(17)15-9-7-14(8-10-15)6-4-5-11-16/h11H,4-10H2,1-3H3. The number of unbranched alkanes of at least 4 members (excludes halogenated alkanes) is 1. The van der Waals surface area contributed by atoms with Crippen molar-refractivity contribution in [1.29, 1.82) is 0 Å². The van der Waals surface area contributed by atoms with Gasteiger partial charge in [0.05, 0.1) is 0 Å². The fourth-order valence-corrected chi connectivity index (χ4v) is 1.88. The van der Waals surface area contributed by atoms with Gasteiger partial charge in [0.2, 0.25) is 0 Å². The summed E-state index contributed by atoms with van der Waals surface area (Å²) in [5, 5.41) is 0. The lowest BCUT2D eigenvalue weighted by Crippen LogP contribution is -2.50. The van der Waals surface area contributed by atoms with Crippen molar-refractivity contribution in [2.75, 3.05) is 32.7 Å². The molecule has 1 aliphatic heterocycles. The molecule has 0 N–H and O–H groups in total. The van der Waals surface area contributed by atoms with Crippen LogP contribution < -0.4 is 0 Å². The highest BCUT2D eigenvalue weighted by molar-refractivity contribution is 5.68. The van der Waals surface area contributed by atoms with Gasteiger partial charge < -0.3 is 14.4 Å². The molecule has 0 radical (unpaired) electrons. The molecule has 0 aromatic rings. The first-order chi connectivity index (χ1) is 8.42. The summed E-state index contributed by atoms with van der Waals surface area (Å²) >= 11 is 0. The highest BCUT2D eigenvalue weighted by Gasteiger charge is 2.25. The fraction of sp³-hybridized carbons (Fsp3) is 0.846. The van der Waals surface area contributed by atoms with Gasteiger partial charge in [-0.2, -0.15) is 0 Å². The Labute approximate surface area is 109 Å². The van der Waals surface area contributed by atoms with Gasteiger partial charge in [0.25, 0.3) is 0 Å². The molecule has 1 aliphatic rings. The lowest BCUT2D eigenvalue weighted by Gasteiger charge is -2.35. The third kappa shape index (κ3) is 5.49. The highest BCUT2D eigenvalue weighted by Crippen LogP contribution is 2.12. The average molecular weight is 256 g/mol. The molecule has 0 saturated carbocycles. The number of aldehydes is 1. The minimum atomic E-state index is -0.432. The molecular formula is C13H24N2O3. The molecule has 0 atom stereocenters. The van der Waals surface area contributed by atoms with Gasteiger partial charge in [-0.25, -0.2) is 4.79 Å². The largest absolute Gasteiger partial charge is 0.444 e. The molecule has 0 unspecified atom stereocenters. The predicted molar refractivity (Wildman–Crippen MR) is 69.5 cm³/mol. The van der Waals surface area contributed by atoms with Crippen molar-refractivity contribution in [2.45, 2.75) is 39.2 Å². The van der Waals surface area contributed by atoms with Crippen molar-refractivity contribution < 1.29 is 14.3 Å². The molecule has 1 amide bonds. The van der Waals surface area contributed by atoms with Crippen LogP contribution in [0.5, 0.6) is 0 Å². The van der Waals surface area contributed by atoms with Gasteiger partial charge >= 0.3 is 6.09 Å². The molecule has 1 saturated heterocycles. The summed E-state index contributed by atoms with van der Waals surface area (Å²) in [4.78, 5) is 26.1. The number of carbonyl (C=O) groups excluding carboxylic acids is 2. The Hall–Kier alpha value is -1.10. The molecular weight excluding hydrogens is 232 g/mol. The lowest BCUT2D eigenvalue weighted by molar-refractivity contribution is -0.108. The van der Waals surface area contributed by atoms with Crippen LogP contribution in [0.1, 0.15) is 33.6 Å². The van der Waals surface area contributed by atoms with Crippen LogP contribution in [-0.4, -0.2) is 60.5 Å². The van der Waals surface area contributed by atoms with E-state index >= 15 is 0 Å². The van der Waals surface area contributed by atoms with Crippen LogP contribution in [0, 0.1) is 0 Å². The maximum atomic E-state index is 11.8. The second kappa shape index (κ2) is 6.73. The maximum Gasteiger partial charge on any atom is 0.410 e. The normalized spacial score (nSPS) is 17.6. The van der Waals surface area contributed by atoms with E-state index in [2.05, 4.69) is 4.90 Å². The zero-order valence-corrected chi connectivity index (χ0v) is 11.6. The molecule has 5 nitrogen and oxygen atoms in total. The van der Waals surface area contributed by atoms with Gasteiger partial charge in [0.15, 0.2) is 0 Å². The lowest BCUT2D eigenvalue weighted by atomic mass is 10.2. The molecule has 1 rings (SSSR count). The molecule has 0 spiro atoms. The molecule has 18 heavy (non-hydrogen) atoms. The second-order valence-electron chi connectivity index (χ2n) is 5.62.